The number of amidine groups is 1. The first-order valence-electron chi connectivity index (χ1n) is 7.51. The fraction of sp³-hybridized carbons (Fsp3) is 0.250. The van der Waals surface area contributed by atoms with E-state index < -0.39 is 5.91 Å². The van der Waals surface area contributed by atoms with Crippen LogP contribution < -0.4 is 22.1 Å². The number of primary amides is 1. The average molecular weight is 359 g/mol. The van der Waals surface area contributed by atoms with Crippen molar-refractivity contribution in [3.05, 3.63) is 41.4 Å². The minimum atomic E-state index is -0.460. The Hall–Kier alpha value is -2.65. The highest BCUT2D eigenvalue weighted by Crippen LogP contribution is 2.27. The number of hydrazine groups is 1. The van der Waals surface area contributed by atoms with E-state index >= 15 is 0 Å². The van der Waals surface area contributed by atoms with Crippen LogP contribution in [-0.4, -0.2) is 35.4 Å². The summed E-state index contributed by atoms with van der Waals surface area (Å²) >= 11 is 1.41. The van der Waals surface area contributed by atoms with Crippen molar-refractivity contribution in [3.63, 3.8) is 0 Å². The highest BCUT2D eigenvalue weighted by molar-refractivity contribution is 7.99. The molecule has 0 radical (unpaired) electrons. The van der Waals surface area contributed by atoms with E-state index in [-0.39, 0.29) is 0 Å². The number of hydrogen-bond acceptors (Lipinski definition) is 6. The quantitative estimate of drug-likeness (QED) is 0.319. The monoisotopic (exact) mass is 359 g/mol. The van der Waals surface area contributed by atoms with Crippen LogP contribution in [-0.2, 0) is 7.05 Å². The second-order valence-corrected chi connectivity index (χ2v) is 6.20. The van der Waals surface area contributed by atoms with Gasteiger partial charge >= 0.3 is 0 Å². The van der Waals surface area contributed by atoms with Crippen LogP contribution in [0.1, 0.15) is 17.3 Å². The van der Waals surface area contributed by atoms with E-state index in [2.05, 4.69) is 25.8 Å². The van der Waals surface area contributed by atoms with E-state index in [4.69, 9.17) is 5.73 Å². The van der Waals surface area contributed by atoms with Gasteiger partial charge in [0.2, 0.25) is 11.9 Å². The molecule has 1 aromatic carbocycles. The number of hydrogen-bond donors (Lipinski definition) is 3. The molecule has 0 saturated heterocycles. The van der Waals surface area contributed by atoms with Gasteiger partial charge in [0.05, 0.1) is 0 Å². The van der Waals surface area contributed by atoms with Gasteiger partial charge in [-0.2, -0.15) is 4.99 Å². The molecule has 0 saturated carbocycles. The summed E-state index contributed by atoms with van der Waals surface area (Å²) in [6.45, 7) is 1.83. The number of carbonyl (C=O) groups is 1. The number of nitrogens with zero attached hydrogens (tertiary/aromatic N) is 4. The highest BCUT2D eigenvalue weighted by atomic mass is 32.2. The first-order chi connectivity index (χ1) is 11.9. The number of aliphatic imine (C=N–C) groups is 1. The van der Waals surface area contributed by atoms with E-state index in [9.17, 15) is 4.79 Å². The molecule has 0 aliphatic rings. The number of rotatable bonds is 5. The maximum Gasteiger partial charge on any atom is 0.248 e. The Balaban J connectivity index is 2.43. The van der Waals surface area contributed by atoms with Crippen LogP contribution in [0.2, 0.25) is 0 Å². The Bertz CT molecular complexity index is 873. The SMILES string of the molecule is CN=c1cc(Sc2cccc(C(N)=O)c2)nc(/N=C(\C)NNC)n1C. The Morgan fingerprint density at radius 2 is 2.12 bits per heavy atom. The van der Waals surface area contributed by atoms with Crippen LogP contribution in [0.15, 0.2) is 50.2 Å². The van der Waals surface area contributed by atoms with Crippen molar-refractivity contribution in [1.82, 2.24) is 20.4 Å². The number of aromatic nitrogens is 2. The van der Waals surface area contributed by atoms with Crippen molar-refractivity contribution in [2.75, 3.05) is 14.1 Å². The van der Waals surface area contributed by atoms with Gasteiger partial charge in [0.1, 0.15) is 16.3 Å². The maximum atomic E-state index is 11.3. The summed E-state index contributed by atoms with van der Waals surface area (Å²) in [7, 11) is 5.32. The van der Waals surface area contributed by atoms with Crippen LogP contribution in [0, 0.1) is 0 Å². The van der Waals surface area contributed by atoms with Crippen LogP contribution in [0.5, 0.6) is 0 Å². The summed E-state index contributed by atoms with van der Waals surface area (Å²) < 4.78 is 1.80. The molecule has 0 atom stereocenters. The van der Waals surface area contributed by atoms with Crippen LogP contribution in [0.25, 0.3) is 0 Å². The molecular formula is C16H21N7OS. The number of amides is 1. The fourth-order valence-electron chi connectivity index (χ4n) is 2.07. The first-order valence-corrected chi connectivity index (χ1v) is 8.33. The largest absolute Gasteiger partial charge is 0.366 e. The van der Waals surface area contributed by atoms with Gasteiger partial charge < -0.3 is 11.2 Å². The average Bonchev–Trinajstić information content (AvgIpc) is 2.58. The van der Waals surface area contributed by atoms with Crippen molar-refractivity contribution in [2.45, 2.75) is 16.8 Å². The molecule has 1 amide bonds. The van der Waals surface area contributed by atoms with Gasteiger partial charge in [-0.15, -0.1) is 0 Å². The predicted octanol–water partition coefficient (Wildman–Crippen LogP) is 0.975. The highest BCUT2D eigenvalue weighted by Gasteiger charge is 2.08. The molecule has 1 heterocycles. The van der Waals surface area contributed by atoms with Gasteiger partial charge in [0.15, 0.2) is 0 Å². The summed E-state index contributed by atoms with van der Waals surface area (Å²) in [5.74, 6) is 0.723. The van der Waals surface area contributed by atoms with Gasteiger partial charge in [-0.05, 0) is 25.1 Å². The van der Waals surface area contributed by atoms with E-state index in [1.165, 1.54) is 11.8 Å². The molecule has 2 aromatic rings. The lowest BCUT2D eigenvalue weighted by Crippen LogP contribution is -2.32. The smallest absolute Gasteiger partial charge is 0.248 e. The van der Waals surface area contributed by atoms with Crippen LogP contribution in [0.3, 0.4) is 0 Å². The Morgan fingerprint density at radius 3 is 2.76 bits per heavy atom. The number of carbonyl (C=O) groups excluding carboxylic acids is 1. The second kappa shape index (κ2) is 8.45. The third-order valence-electron chi connectivity index (χ3n) is 3.25. The lowest BCUT2D eigenvalue weighted by atomic mass is 10.2. The summed E-state index contributed by atoms with van der Waals surface area (Å²) in [5.41, 5.74) is 12.3. The molecular weight excluding hydrogens is 338 g/mol. The maximum absolute atomic E-state index is 11.3. The predicted molar refractivity (Wildman–Crippen MR) is 98.7 cm³/mol. The molecule has 0 unspecified atom stereocenters. The molecule has 0 aliphatic heterocycles. The molecule has 1 aromatic heterocycles. The zero-order valence-corrected chi connectivity index (χ0v) is 15.4. The Kier molecular flexibility index (Phi) is 6.31. The standard InChI is InChI=1S/C16H21N7OS/c1-10(22-19-3)20-16-21-14(9-13(18-2)23(16)4)25-12-7-5-6-11(8-12)15(17)24/h5-9,19H,1-4H3,(H2,17,24)(H,20,21,22). The van der Waals surface area contributed by atoms with Crippen molar-refractivity contribution < 1.29 is 4.79 Å². The van der Waals surface area contributed by atoms with E-state index in [1.54, 1.807) is 36.9 Å². The van der Waals surface area contributed by atoms with Crippen LogP contribution >= 0.6 is 11.8 Å². The molecule has 0 bridgehead atoms. The Morgan fingerprint density at radius 1 is 1.36 bits per heavy atom. The minimum Gasteiger partial charge on any atom is -0.366 e. The molecule has 0 spiro atoms. The molecule has 0 fully saturated rings. The molecule has 0 aliphatic carbocycles. The van der Waals surface area contributed by atoms with Crippen molar-refractivity contribution >= 4 is 29.5 Å². The van der Waals surface area contributed by atoms with Crippen molar-refractivity contribution in [2.24, 2.45) is 22.8 Å². The van der Waals surface area contributed by atoms with Gasteiger partial charge in [-0.1, -0.05) is 17.8 Å². The van der Waals surface area contributed by atoms with Gasteiger partial charge in [-0.3, -0.25) is 14.4 Å². The molecule has 132 valence electrons. The third-order valence-corrected chi connectivity index (χ3v) is 4.16. The lowest BCUT2D eigenvalue weighted by molar-refractivity contribution is 0.1000. The zero-order chi connectivity index (χ0) is 18.4. The summed E-state index contributed by atoms with van der Waals surface area (Å²) in [4.78, 5) is 25.5. The van der Waals surface area contributed by atoms with E-state index in [1.807, 2.05) is 26.1 Å². The van der Waals surface area contributed by atoms with Crippen LogP contribution in [0.4, 0.5) is 5.95 Å². The number of nitrogens with two attached hydrogens (primary N) is 1. The molecule has 2 rings (SSSR count). The number of benzene rings is 1. The van der Waals surface area contributed by atoms with Crippen molar-refractivity contribution in [1.29, 1.82) is 0 Å². The van der Waals surface area contributed by atoms with Gasteiger partial charge in [-0.25, -0.2) is 10.4 Å². The second-order valence-electron chi connectivity index (χ2n) is 5.10. The summed E-state index contributed by atoms with van der Waals surface area (Å²) in [6, 6.07) is 8.96. The normalized spacial score (nSPS) is 12.3. The molecule has 8 nitrogen and oxygen atoms in total. The molecule has 9 heteroatoms. The molecule has 4 N–H and O–H groups in total. The summed E-state index contributed by atoms with van der Waals surface area (Å²) in [5, 5.41) is 0.719. The molecule has 25 heavy (non-hydrogen) atoms. The van der Waals surface area contributed by atoms with Gasteiger partial charge in [0.25, 0.3) is 0 Å². The Labute approximate surface area is 150 Å². The van der Waals surface area contributed by atoms with Gasteiger partial charge in [0, 0.05) is 37.7 Å². The lowest BCUT2D eigenvalue weighted by Gasteiger charge is -2.09. The zero-order valence-electron chi connectivity index (χ0n) is 14.6. The van der Waals surface area contributed by atoms with Crippen molar-refractivity contribution in [3.8, 4) is 0 Å². The summed E-state index contributed by atoms with van der Waals surface area (Å²) in [6.07, 6.45) is 0. The third kappa shape index (κ3) is 4.91. The number of nitrogens with one attached hydrogen (secondary N) is 2. The topological polar surface area (TPSA) is 110 Å². The van der Waals surface area contributed by atoms with E-state index in [0.29, 0.717) is 17.3 Å². The first kappa shape index (κ1) is 18.7. The van der Waals surface area contributed by atoms with E-state index in [0.717, 1.165) is 15.4 Å². The minimum absolute atomic E-state index is 0.458. The fourth-order valence-corrected chi connectivity index (χ4v) is 2.94.